The number of pyridine rings is 1. The zero-order valence-electron chi connectivity index (χ0n) is 15.4. The number of rotatable bonds is 5. The third kappa shape index (κ3) is 4.28. The van der Waals surface area contributed by atoms with Gasteiger partial charge in [0.2, 0.25) is 0 Å². The van der Waals surface area contributed by atoms with E-state index >= 15 is 0 Å². The van der Waals surface area contributed by atoms with E-state index in [1.54, 1.807) is 36.8 Å². The van der Waals surface area contributed by atoms with E-state index in [0.717, 1.165) is 46.7 Å². The van der Waals surface area contributed by atoms with Crippen LogP contribution in [0, 0.1) is 0 Å². The van der Waals surface area contributed by atoms with E-state index < -0.39 is 0 Å². The Hall–Kier alpha value is -2.58. The van der Waals surface area contributed by atoms with E-state index in [-0.39, 0.29) is 5.91 Å². The number of methoxy groups -OCH3 is 1. The maximum absolute atomic E-state index is 12.5. The molecule has 1 fully saturated rings. The number of hydrogen-bond acceptors (Lipinski definition) is 7. The molecule has 1 aromatic carbocycles. The largest absolute Gasteiger partial charge is 0.497 e. The van der Waals surface area contributed by atoms with Crippen molar-refractivity contribution in [2.45, 2.75) is 0 Å². The third-order valence-corrected chi connectivity index (χ3v) is 6.25. The first kappa shape index (κ1) is 18.8. The average Bonchev–Trinajstić information content (AvgIpc) is 3.26. The number of hydrogen-bond donors (Lipinski definition) is 1. The van der Waals surface area contributed by atoms with Gasteiger partial charge in [0.1, 0.15) is 22.3 Å². The normalized spacial score (nSPS) is 14.0. The van der Waals surface area contributed by atoms with E-state index in [9.17, 15) is 4.79 Å². The Morgan fingerprint density at radius 3 is 2.61 bits per heavy atom. The first-order valence-corrected chi connectivity index (χ1v) is 11.0. The molecule has 0 bridgehead atoms. The van der Waals surface area contributed by atoms with E-state index in [1.807, 2.05) is 30.1 Å². The molecular weight excluding hydrogens is 392 g/mol. The first-order valence-electron chi connectivity index (χ1n) is 8.93. The molecule has 6 nitrogen and oxygen atoms in total. The zero-order valence-corrected chi connectivity index (χ0v) is 17.1. The van der Waals surface area contributed by atoms with E-state index in [1.165, 1.54) is 11.3 Å². The summed E-state index contributed by atoms with van der Waals surface area (Å²) in [5.74, 6) is 3.79. The molecule has 144 valence electrons. The highest BCUT2D eigenvalue weighted by Gasteiger charge is 2.15. The van der Waals surface area contributed by atoms with Crippen molar-refractivity contribution >= 4 is 40.5 Å². The van der Waals surface area contributed by atoms with Gasteiger partial charge in [-0.1, -0.05) is 0 Å². The van der Waals surface area contributed by atoms with Gasteiger partial charge in [-0.2, -0.15) is 11.8 Å². The fourth-order valence-electron chi connectivity index (χ4n) is 2.87. The second-order valence-electron chi connectivity index (χ2n) is 6.23. The van der Waals surface area contributed by atoms with E-state index in [0.29, 0.717) is 11.4 Å². The Morgan fingerprint density at radius 2 is 1.93 bits per heavy atom. The summed E-state index contributed by atoms with van der Waals surface area (Å²) in [6, 6.07) is 11.3. The summed E-state index contributed by atoms with van der Waals surface area (Å²) in [6.07, 6.45) is 1.83. The number of carbonyl (C=O) groups excluding carboxylic acids is 1. The molecule has 4 rings (SSSR count). The second kappa shape index (κ2) is 8.62. The molecule has 1 aliphatic rings. The van der Waals surface area contributed by atoms with Crippen LogP contribution in [0.5, 0.6) is 5.75 Å². The number of aromatic nitrogens is 2. The molecule has 28 heavy (non-hydrogen) atoms. The van der Waals surface area contributed by atoms with Crippen LogP contribution in [0.2, 0.25) is 0 Å². The summed E-state index contributed by atoms with van der Waals surface area (Å²) < 4.78 is 5.12. The number of nitrogens with one attached hydrogen (secondary N) is 1. The van der Waals surface area contributed by atoms with Gasteiger partial charge < -0.3 is 15.0 Å². The van der Waals surface area contributed by atoms with E-state index in [2.05, 4.69) is 20.2 Å². The van der Waals surface area contributed by atoms with Crippen LogP contribution in [0.4, 0.5) is 11.5 Å². The lowest BCUT2D eigenvalue weighted by Crippen LogP contribution is -2.32. The number of ether oxygens (including phenoxy) is 1. The lowest BCUT2D eigenvalue weighted by Gasteiger charge is -2.27. The van der Waals surface area contributed by atoms with Gasteiger partial charge in [0.05, 0.1) is 7.11 Å². The Morgan fingerprint density at radius 1 is 1.14 bits per heavy atom. The van der Waals surface area contributed by atoms with Crippen molar-refractivity contribution in [2.75, 3.05) is 41.9 Å². The summed E-state index contributed by atoms with van der Waals surface area (Å²) in [5, 5.41) is 5.40. The van der Waals surface area contributed by atoms with Crippen LogP contribution in [0.15, 0.2) is 48.0 Å². The van der Waals surface area contributed by atoms with Crippen molar-refractivity contribution in [3.05, 3.63) is 53.7 Å². The minimum Gasteiger partial charge on any atom is -0.497 e. The molecule has 0 radical (unpaired) electrons. The van der Waals surface area contributed by atoms with Crippen LogP contribution in [0.3, 0.4) is 0 Å². The minimum atomic E-state index is -0.233. The molecule has 0 spiro atoms. The quantitative estimate of drug-likeness (QED) is 0.683. The number of thiazole rings is 1. The molecule has 0 saturated carbocycles. The molecule has 0 atom stereocenters. The predicted octanol–water partition coefficient (Wildman–Crippen LogP) is 4.02. The highest BCUT2D eigenvalue weighted by atomic mass is 32.2. The molecule has 0 aliphatic carbocycles. The van der Waals surface area contributed by atoms with Crippen molar-refractivity contribution in [1.82, 2.24) is 9.97 Å². The number of thioether (sulfide) groups is 1. The predicted molar refractivity (Wildman–Crippen MR) is 116 cm³/mol. The third-order valence-electron chi connectivity index (χ3n) is 4.41. The molecular formula is C20H20N4O2S2. The lowest BCUT2D eigenvalue weighted by atomic mass is 10.3. The topological polar surface area (TPSA) is 67.3 Å². The Bertz CT molecular complexity index is 936. The van der Waals surface area contributed by atoms with E-state index in [4.69, 9.17) is 4.74 Å². The van der Waals surface area contributed by atoms with Crippen molar-refractivity contribution < 1.29 is 9.53 Å². The maximum Gasteiger partial charge on any atom is 0.275 e. The van der Waals surface area contributed by atoms with Gasteiger partial charge in [0.25, 0.3) is 5.91 Å². The summed E-state index contributed by atoms with van der Waals surface area (Å²) in [6.45, 7) is 2.06. The van der Waals surface area contributed by atoms with Crippen LogP contribution >= 0.6 is 23.1 Å². The molecule has 0 unspecified atom stereocenters. The summed E-state index contributed by atoms with van der Waals surface area (Å²) in [5.41, 5.74) is 2.02. The van der Waals surface area contributed by atoms with Crippen molar-refractivity contribution in [2.24, 2.45) is 0 Å². The molecule has 8 heteroatoms. The van der Waals surface area contributed by atoms with Gasteiger partial charge in [-0.25, -0.2) is 9.97 Å². The Balaban J connectivity index is 1.43. The molecule has 1 saturated heterocycles. The number of benzene rings is 1. The van der Waals surface area contributed by atoms with Crippen molar-refractivity contribution in [3.63, 3.8) is 0 Å². The number of nitrogens with zero attached hydrogens (tertiary/aromatic N) is 3. The number of anilines is 2. The molecule has 1 N–H and O–H groups in total. The highest BCUT2D eigenvalue weighted by molar-refractivity contribution is 7.99. The van der Waals surface area contributed by atoms with Crippen LogP contribution in [0.1, 0.15) is 10.5 Å². The number of amides is 1. The molecule has 3 aromatic rings. The fraction of sp³-hybridized carbons (Fsp3) is 0.250. The van der Waals surface area contributed by atoms with Crippen LogP contribution in [-0.4, -0.2) is 47.6 Å². The molecule has 1 aliphatic heterocycles. The van der Waals surface area contributed by atoms with Gasteiger partial charge >= 0.3 is 0 Å². The smallest absolute Gasteiger partial charge is 0.275 e. The van der Waals surface area contributed by atoms with Gasteiger partial charge in [-0.15, -0.1) is 11.3 Å². The monoisotopic (exact) mass is 412 g/mol. The van der Waals surface area contributed by atoms with Gasteiger partial charge in [-0.05, 0) is 36.4 Å². The second-order valence-corrected chi connectivity index (χ2v) is 8.31. The van der Waals surface area contributed by atoms with Gasteiger partial charge in [-0.3, -0.25) is 4.79 Å². The van der Waals surface area contributed by atoms with Gasteiger partial charge in [0, 0.05) is 47.4 Å². The van der Waals surface area contributed by atoms with Crippen LogP contribution in [0.25, 0.3) is 10.6 Å². The minimum absolute atomic E-state index is 0.233. The molecule has 3 heterocycles. The number of carbonyl (C=O) groups is 1. The Kier molecular flexibility index (Phi) is 5.78. The zero-order chi connectivity index (χ0) is 19.3. The standard InChI is InChI=1S/C20H20N4O2S2/c1-26-16-5-3-15(4-6-16)22-19(25)17-13-28-20(23-17)14-2-7-18(21-12-14)24-8-10-27-11-9-24/h2-7,12-13H,8-11H2,1H3,(H,22,25). The van der Waals surface area contributed by atoms with Crippen LogP contribution < -0.4 is 15.0 Å². The van der Waals surface area contributed by atoms with Crippen LogP contribution in [-0.2, 0) is 0 Å². The SMILES string of the molecule is COc1ccc(NC(=O)c2csc(-c3ccc(N4CCSCC4)nc3)n2)cc1. The summed E-state index contributed by atoms with van der Waals surface area (Å²) in [7, 11) is 1.61. The first-order chi connectivity index (χ1) is 13.7. The van der Waals surface area contributed by atoms with Crippen molar-refractivity contribution in [1.29, 1.82) is 0 Å². The Labute approximate surface area is 172 Å². The van der Waals surface area contributed by atoms with Crippen molar-refractivity contribution in [3.8, 4) is 16.3 Å². The molecule has 2 aromatic heterocycles. The highest BCUT2D eigenvalue weighted by Crippen LogP contribution is 2.26. The lowest BCUT2D eigenvalue weighted by molar-refractivity contribution is 0.102. The molecule has 1 amide bonds. The fourth-order valence-corrected chi connectivity index (χ4v) is 4.57. The summed E-state index contributed by atoms with van der Waals surface area (Å²) in [4.78, 5) is 23.8. The maximum atomic E-state index is 12.5. The summed E-state index contributed by atoms with van der Waals surface area (Å²) >= 11 is 3.42. The van der Waals surface area contributed by atoms with Gasteiger partial charge in [0.15, 0.2) is 0 Å². The average molecular weight is 413 g/mol.